The van der Waals surface area contributed by atoms with E-state index in [9.17, 15) is 5.11 Å². The summed E-state index contributed by atoms with van der Waals surface area (Å²) in [6, 6.07) is 8.35. The van der Waals surface area contributed by atoms with Crippen molar-refractivity contribution in [2.75, 3.05) is 7.11 Å². The number of aryl methyl sites for hydroxylation is 1. The molecule has 1 saturated carbocycles. The summed E-state index contributed by atoms with van der Waals surface area (Å²) >= 11 is 0. The van der Waals surface area contributed by atoms with Crippen molar-refractivity contribution in [3.05, 3.63) is 35.4 Å². The lowest BCUT2D eigenvalue weighted by atomic mass is 10.0. The van der Waals surface area contributed by atoms with Gasteiger partial charge in [0.15, 0.2) is 0 Å². The molecule has 0 saturated heterocycles. The fourth-order valence-electron chi connectivity index (χ4n) is 1.88. The van der Waals surface area contributed by atoms with Gasteiger partial charge in [0.1, 0.15) is 0 Å². The summed E-state index contributed by atoms with van der Waals surface area (Å²) in [6.45, 7) is 2.08. The third kappa shape index (κ3) is 2.63. The van der Waals surface area contributed by atoms with Gasteiger partial charge in [0.25, 0.3) is 0 Å². The standard InChI is InChI=1S/C14H20O2/c1-11(16-2)3-4-12-5-7-13(8-6-12)14(15)9-10-14/h5-8,11,15H,3-4,9-10H2,1-2H3. The predicted molar refractivity (Wildman–Crippen MR) is 64.4 cm³/mol. The largest absolute Gasteiger partial charge is 0.385 e. The van der Waals surface area contributed by atoms with Gasteiger partial charge < -0.3 is 9.84 Å². The van der Waals surface area contributed by atoms with E-state index in [1.807, 2.05) is 0 Å². The normalized spacial score (nSPS) is 19.4. The van der Waals surface area contributed by atoms with Gasteiger partial charge >= 0.3 is 0 Å². The molecule has 0 amide bonds. The number of hydrogen-bond acceptors (Lipinski definition) is 2. The number of ether oxygens (including phenoxy) is 1. The zero-order valence-corrected chi connectivity index (χ0v) is 10.1. The Morgan fingerprint density at radius 1 is 1.31 bits per heavy atom. The minimum Gasteiger partial charge on any atom is -0.385 e. The highest BCUT2D eigenvalue weighted by Gasteiger charge is 2.41. The summed E-state index contributed by atoms with van der Waals surface area (Å²) < 4.78 is 5.22. The lowest BCUT2D eigenvalue weighted by molar-refractivity contribution is 0.111. The average Bonchev–Trinajstić information content (AvgIpc) is 3.06. The molecule has 0 aromatic heterocycles. The lowest BCUT2D eigenvalue weighted by Gasteiger charge is -2.11. The number of rotatable bonds is 5. The minimum absolute atomic E-state index is 0.312. The maximum Gasteiger partial charge on any atom is 0.0899 e. The number of aliphatic hydroxyl groups is 1. The minimum atomic E-state index is -0.502. The highest BCUT2D eigenvalue weighted by molar-refractivity contribution is 5.30. The molecular weight excluding hydrogens is 200 g/mol. The van der Waals surface area contributed by atoms with Crippen LogP contribution in [0.3, 0.4) is 0 Å². The second kappa shape index (κ2) is 4.56. The van der Waals surface area contributed by atoms with Gasteiger partial charge in [-0.3, -0.25) is 0 Å². The molecule has 2 nitrogen and oxygen atoms in total. The molecule has 1 atom stereocenters. The molecule has 0 heterocycles. The molecule has 0 bridgehead atoms. The van der Waals surface area contributed by atoms with Gasteiger partial charge in [0, 0.05) is 7.11 Å². The molecule has 0 aliphatic heterocycles. The summed E-state index contributed by atoms with van der Waals surface area (Å²) in [5, 5.41) is 9.93. The molecule has 0 spiro atoms. The van der Waals surface area contributed by atoms with Crippen LogP contribution in [0.5, 0.6) is 0 Å². The van der Waals surface area contributed by atoms with Crippen molar-refractivity contribution in [2.45, 2.75) is 44.3 Å². The highest BCUT2D eigenvalue weighted by atomic mass is 16.5. The summed E-state index contributed by atoms with van der Waals surface area (Å²) in [7, 11) is 1.75. The van der Waals surface area contributed by atoms with Gasteiger partial charge in [-0.15, -0.1) is 0 Å². The van der Waals surface area contributed by atoms with Crippen LogP contribution in [-0.2, 0) is 16.8 Å². The van der Waals surface area contributed by atoms with Crippen molar-refractivity contribution in [1.29, 1.82) is 0 Å². The van der Waals surface area contributed by atoms with Crippen LogP contribution in [0.1, 0.15) is 37.3 Å². The smallest absolute Gasteiger partial charge is 0.0899 e. The first-order valence-corrected chi connectivity index (χ1v) is 5.99. The Bertz CT molecular complexity index is 338. The summed E-state index contributed by atoms with van der Waals surface area (Å²) in [4.78, 5) is 0. The van der Waals surface area contributed by atoms with E-state index >= 15 is 0 Å². The van der Waals surface area contributed by atoms with Crippen molar-refractivity contribution >= 4 is 0 Å². The van der Waals surface area contributed by atoms with Crippen LogP contribution in [0, 0.1) is 0 Å². The Balaban J connectivity index is 1.92. The number of methoxy groups -OCH3 is 1. The SMILES string of the molecule is COC(C)CCc1ccc(C2(O)CC2)cc1. The van der Waals surface area contributed by atoms with Crippen molar-refractivity contribution < 1.29 is 9.84 Å². The van der Waals surface area contributed by atoms with E-state index in [1.165, 1.54) is 5.56 Å². The molecule has 16 heavy (non-hydrogen) atoms. The summed E-state index contributed by atoms with van der Waals surface area (Å²) in [6.07, 6.45) is 4.21. The third-order valence-electron chi connectivity index (χ3n) is 3.46. The van der Waals surface area contributed by atoms with Gasteiger partial charge in [0.05, 0.1) is 11.7 Å². The molecule has 1 fully saturated rings. The van der Waals surface area contributed by atoms with Crippen LogP contribution < -0.4 is 0 Å². The Labute approximate surface area is 97.3 Å². The second-order valence-electron chi connectivity index (χ2n) is 4.81. The van der Waals surface area contributed by atoms with Crippen LogP contribution >= 0.6 is 0 Å². The van der Waals surface area contributed by atoms with Crippen molar-refractivity contribution in [1.82, 2.24) is 0 Å². The Hall–Kier alpha value is -0.860. The Morgan fingerprint density at radius 3 is 2.44 bits per heavy atom. The topological polar surface area (TPSA) is 29.5 Å². The van der Waals surface area contributed by atoms with Gasteiger partial charge in [-0.25, -0.2) is 0 Å². The van der Waals surface area contributed by atoms with Gasteiger partial charge in [-0.2, -0.15) is 0 Å². The second-order valence-corrected chi connectivity index (χ2v) is 4.81. The molecule has 1 unspecified atom stereocenters. The molecule has 1 aliphatic rings. The summed E-state index contributed by atoms with van der Waals surface area (Å²) in [5.74, 6) is 0. The lowest BCUT2D eigenvalue weighted by Crippen LogP contribution is -2.07. The molecule has 1 aromatic carbocycles. The van der Waals surface area contributed by atoms with E-state index in [1.54, 1.807) is 7.11 Å². The van der Waals surface area contributed by atoms with Crippen LogP contribution in [0.4, 0.5) is 0 Å². The molecule has 1 aliphatic carbocycles. The fourth-order valence-corrected chi connectivity index (χ4v) is 1.88. The molecule has 0 radical (unpaired) electrons. The van der Waals surface area contributed by atoms with Crippen LogP contribution in [0.15, 0.2) is 24.3 Å². The van der Waals surface area contributed by atoms with Crippen molar-refractivity contribution in [2.24, 2.45) is 0 Å². The molecule has 2 heteroatoms. The van der Waals surface area contributed by atoms with Gasteiger partial charge in [-0.1, -0.05) is 24.3 Å². The van der Waals surface area contributed by atoms with E-state index in [4.69, 9.17) is 4.74 Å². The van der Waals surface area contributed by atoms with E-state index in [-0.39, 0.29) is 0 Å². The Morgan fingerprint density at radius 2 is 1.94 bits per heavy atom. The van der Waals surface area contributed by atoms with Crippen molar-refractivity contribution in [3.63, 3.8) is 0 Å². The molecule has 2 rings (SSSR count). The Kier molecular flexibility index (Phi) is 3.31. The van der Waals surface area contributed by atoms with Crippen molar-refractivity contribution in [3.8, 4) is 0 Å². The maximum absolute atomic E-state index is 9.93. The molecule has 1 aromatic rings. The predicted octanol–water partition coefficient (Wildman–Crippen LogP) is 2.64. The van der Waals surface area contributed by atoms with Gasteiger partial charge in [0.2, 0.25) is 0 Å². The van der Waals surface area contributed by atoms with E-state index < -0.39 is 5.60 Å². The van der Waals surface area contributed by atoms with Crippen LogP contribution in [0.2, 0.25) is 0 Å². The maximum atomic E-state index is 9.93. The zero-order valence-electron chi connectivity index (χ0n) is 10.1. The fraction of sp³-hybridized carbons (Fsp3) is 0.571. The van der Waals surface area contributed by atoms with Crippen LogP contribution in [0.25, 0.3) is 0 Å². The van der Waals surface area contributed by atoms with E-state index in [0.29, 0.717) is 6.10 Å². The average molecular weight is 220 g/mol. The van der Waals surface area contributed by atoms with E-state index in [2.05, 4.69) is 31.2 Å². The van der Waals surface area contributed by atoms with Crippen LogP contribution in [-0.4, -0.2) is 18.3 Å². The first kappa shape index (κ1) is 11.6. The first-order valence-electron chi connectivity index (χ1n) is 5.99. The number of hydrogen-bond donors (Lipinski definition) is 1. The molecule has 88 valence electrons. The molecular formula is C14H20O2. The number of benzene rings is 1. The first-order chi connectivity index (χ1) is 7.64. The zero-order chi connectivity index (χ0) is 11.6. The quantitative estimate of drug-likeness (QED) is 0.826. The summed E-state index contributed by atoms with van der Waals surface area (Å²) in [5.41, 5.74) is 1.88. The monoisotopic (exact) mass is 220 g/mol. The van der Waals surface area contributed by atoms with E-state index in [0.717, 1.165) is 31.2 Å². The molecule has 1 N–H and O–H groups in total. The third-order valence-corrected chi connectivity index (χ3v) is 3.46. The highest BCUT2D eigenvalue weighted by Crippen LogP contribution is 2.45. The van der Waals surface area contributed by atoms with Gasteiger partial charge in [-0.05, 0) is 43.7 Å².